The lowest BCUT2D eigenvalue weighted by atomic mass is 10.0. The maximum atomic E-state index is 2.68. The van der Waals surface area contributed by atoms with Gasteiger partial charge >= 0.3 is 0 Å². The lowest BCUT2D eigenvalue weighted by Crippen LogP contribution is -2.51. The van der Waals surface area contributed by atoms with Gasteiger partial charge in [0.15, 0.2) is 0 Å². The van der Waals surface area contributed by atoms with Gasteiger partial charge in [-0.25, -0.2) is 0 Å². The van der Waals surface area contributed by atoms with Crippen molar-refractivity contribution < 1.29 is 0 Å². The molecule has 2 fully saturated rings. The minimum atomic E-state index is 0.761. The van der Waals surface area contributed by atoms with E-state index in [-0.39, 0.29) is 0 Å². The number of piperazine rings is 1. The van der Waals surface area contributed by atoms with Crippen LogP contribution in [-0.2, 0) is 0 Å². The predicted octanol–water partition coefficient (Wildman–Crippen LogP) is 1.81. The summed E-state index contributed by atoms with van der Waals surface area (Å²) < 4.78 is 0. The van der Waals surface area contributed by atoms with Gasteiger partial charge in [-0.1, -0.05) is 13.8 Å². The molecule has 0 aromatic carbocycles. The van der Waals surface area contributed by atoms with Crippen molar-refractivity contribution in [1.29, 1.82) is 0 Å². The molecule has 1 aliphatic heterocycles. The summed E-state index contributed by atoms with van der Waals surface area (Å²) in [6, 6.07) is 1.72. The van der Waals surface area contributed by atoms with E-state index in [0.29, 0.717) is 0 Å². The van der Waals surface area contributed by atoms with Crippen LogP contribution in [0.25, 0.3) is 0 Å². The summed E-state index contributed by atoms with van der Waals surface area (Å²) in [6.45, 7) is 12.2. The molecule has 1 atom stereocenters. The third-order valence-corrected chi connectivity index (χ3v) is 3.95. The maximum Gasteiger partial charge on any atom is 0.0113 e. The Hall–Kier alpha value is -0.0800. The second-order valence-corrected chi connectivity index (χ2v) is 5.29. The molecular weight excluding hydrogens is 172 g/mol. The molecule has 0 amide bonds. The van der Waals surface area contributed by atoms with E-state index in [4.69, 9.17) is 0 Å². The fourth-order valence-electron chi connectivity index (χ4n) is 2.37. The van der Waals surface area contributed by atoms with Crippen molar-refractivity contribution in [1.82, 2.24) is 9.80 Å². The summed E-state index contributed by atoms with van der Waals surface area (Å²) in [5.74, 6) is 0.794. The molecule has 82 valence electrons. The van der Waals surface area contributed by atoms with E-state index >= 15 is 0 Å². The van der Waals surface area contributed by atoms with Crippen LogP contribution in [0.4, 0.5) is 0 Å². The van der Waals surface area contributed by atoms with Crippen molar-refractivity contribution in [3.8, 4) is 0 Å². The molecule has 0 N–H and O–H groups in total. The van der Waals surface area contributed by atoms with Crippen LogP contribution in [0, 0.1) is 5.92 Å². The Morgan fingerprint density at radius 1 is 0.929 bits per heavy atom. The molecule has 2 aliphatic rings. The molecule has 0 aromatic rings. The highest BCUT2D eigenvalue weighted by Crippen LogP contribution is 2.28. The minimum absolute atomic E-state index is 0.761. The van der Waals surface area contributed by atoms with Crippen LogP contribution >= 0.6 is 0 Å². The Morgan fingerprint density at radius 3 is 1.93 bits per heavy atom. The predicted molar refractivity (Wildman–Crippen MR) is 60.5 cm³/mol. The Balaban J connectivity index is 1.77. The van der Waals surface area contributed by atoms with E-state index in [2.05, 4.69) is 30.6 Å². The summed E-state index contributed by atoms with van der Waals surface area (Å²) >= 11 is 0. The average Bonchev–Trinajstić information content (AvgIpc) is 3.00. The van der Waals surface area contributed by atoms with Crippen molar-refractivity contribution in [3.63, 3.8) is 0 Å². The number of nitrogens with zero attached hydrogens (tertiary/aromatic N) is 2. The zero-order valence-electron chi connectivity index (χ0n) is 9.87. The molecule has 1 heterocycles. The number of rotatable bonds is 3. The second kappa shape index (κ2) is 4.19. The Morgan fingerprint density at radius 2 is 1.50 bits per heavy atom. The molecule has 0 aromatic heterocycles. The largest absolute Gasteiger partial charge is 0.298 e. The first-order chi connectivity index (χ1) is 6.68. The van der Waals surface area contributed by atoms with Crippen LogP contribution in [-0.4, -0.2) is 48.1 Å². The van der Waals surface area contributed by atoms with Crippen LogP contribution in [0.2, 0.25) is 0 Å². The minimum Gasteiger partial charge on any atom is -0.298 e. The van der Waals surface area contributed by atoms with Gasteiger partial charge < -0.3 is 0 Å². The topological polar surface area (TPSA) is 6.48 Å². The van der Waals surface area contributed by atoms with Crippen LogP contribution in [0.5, 0.6) is 0 Å². The summed E-state index contributed by atoms with van der Waals surface area (Å²) in [7, 11) is 0. The van der Waals surface area contributed by atoms with Crippen LogP contribution < -0.4 is 0 Å². The molecule has 14 heavy (non-hydrogen) atoms. The van der Waals surface area contributed by atoms with Gasteiger partial charge in [0.2, 0.25) is 0 Å². The molecule has 2 nitrogen and oxygen atoms in total. The lowest BCUT2D eigenvalue weighted by molar-refractivity contribution is 0.0802. The van der Waals surface area contributed by atoms with Crippen molar-refractivity contribution in [3.05, 3.63) is 0 Å². The Bertz CT molecular complexity index is 179. The maximum absolute atomic E-state index is 2.68. The molecule has 0 spiro atoms. The summed E-state index contributed by atoms with van der Waals surface area (Å²) in [5, 5.41) is 0. The molecule has 2 heteroatoms. The third-order valence-electron chi connectivity index (χ3n) is 3.95. The van der Waals surface area contributed by atoms with Gasteiger partial charge in [0.25, 0.3) is 0 Å². The first kappa shape index (κ1) is 10.4. The van der Waals surface area contributed by atoms with E-state index in [9.17, 15) is 0 Å². The molecule has 0 bridgehead atoms. The van der Waals surface area contributed by atoms with Gasteiger partial charge in [-0.3, -0.25) is 9.80 Å². The van der Waals surface area contributed by atoms with Gasteiger partial charge in [-0.2, -0.15) is 0 Å². The van der Waals surface area contributed by atoms with Crippen molar-refractivity contribution in [2.45, 2.75) is 45.7 Å². The molecule has 0 unspecified atom stereocenters. The first-order valence-corrected chi connectivity index (χ1v) is 6.16. The smallest absolute Gasteiger partial charge is 0.0113 e. The normalized spacial score (nSPS) is 28.3. The zero-order chi connectivity index (χ0) is 10.1. The summed E-state index contributed by atoms with van der Waals surface area (Å²) in [6.07, 6.45) is 2.92. The van der Waals surface area contributed by atoms with Crippen molar-refractivity contribution in [2.75, 3.05) is 26.2 Å². The van der Waals surface area contributed by atoms with E-state index in [1.54, 1.807) is 0 Å². The second-order valence-electron chi connectivity index (χ2n) is 5.29. The van der Waals surface area contributed by atoms with Gasteiger partial charge in [-0.05, 0) is 25.7 Å². The molecule has 1 saturated heterocycles. The fourth-order valence-corrected chi connectivity index (χ4v) is 2.37. The highest BCUT2D eigenvalue weighted by molar-refractivity contribution is 4.88. The average molecular weight is 196 g/mol. The van der Waals surface area contributed by atoms with Gasteiger partial charge in [-0.15, -0.1) is 0 Å². The van der Waals surface area contributed by atoms with Gasteiger partial charge in [0.05, 0.1) is 0 Å². The molecular formula is C12H24N2. The Kier molecular flexibility index (Phi) is 3.13. The lowest BCUT2D eigenvalue weighted by Gasteiger charge is -2.39. The van der Waals surface area contributed by atoms with E-state index in [0.717, 1.165) is 18.0 Å². The highest BCUT2D eigenvalue weighted by Gasteiger charge is 2.32. The summed E-state index contributed by atoms with van der Waals surface area (Å²) in [4.78, 5) is 5.34. The first-order valence-electron chi connectivity index (χ1n) is 6.16. The molecule has 0 radical (unpaired) electrons. The quantitative estimate of drug-likeness (QED) is 0.679. The molecule has 1 saturated carbocycles. The monoisotopic (exact) mass is 196 g/mol. The molecule has 2 rings (SSSR count). The fraction of sp³-hybridized carbons (Fsp3) is 1.00. The van der Waals surface area contributed by atoms with Crippen LogP contribution in [0.15, 0.2) is 0 Å². The van der Waals surface area contributed by atoms with E-state index in [1.165, 1.54) is 39.0 Å². The summed E-state index contributed by atoms with van der Waals surface area (Å²) in [5.41, 5.74) is 0. The number of hydrogen-bond donors (Lipinski definition) is 0. The van der Waals surface area contributed by atoms with E-state index in [1.807, 2.05) is 0 Å². The standard InChI is InChI=1S/C12H24N2/c1-10(2)11(3)13-6-8-14(9-7-13)12-4-5-12/h10-12H,4-9H2,1-3H3/t11-/m0/s1. The third kappa shape index (κ3) is 2.29. The van der Waals surface area contributed by atoms with Crippen molar-refractivity contribution in [2.24, 2.45) is 5.92 Å². The van der Waals surface area contributed by atoms with E-state index < -0.39 is 0 Å². The number of hydrogen-bond acceptors (Lipinski definition) is 2. The zero-order valence-corrected chi connectivity index (χ0v) is 9.87. The van der Waals surface area contributed by atoms with Crippen LogP contribution in [0.1, 0.15) is 33.6 Å². The Labute approximate surface area is 88.3 Å². The van der Waals surface area contributed by atoms with Gasteiger partial charge in [0, 0.05) is 38.3 Å². The molecule has 1 aliphatic carbocycles. The van der Waals surface area contributed by atoms with Crippen molar-refractivity contribution >= 4 is 0 Å². The van der Waals surface area contributed by atoms with Gasteiger partial charge in [0.1, 0.15) is 0 Å². The highest BCUT2D eigenvalue weighted by atomic mass is 15.3. The van der Waals surface area contributed by atoms with Crippen LogP contribution in [0.3, 0.4) is 0 Å². The SMILES string of the molecule is CC(C)[C@H](C)N1CCN(C2CC2)CC1.